The van der Waals surface area contributed by atoms with Crippen LogP contribution in [0.15, 0.2) is 62.8 Å². The Hall–Kier alpha value is -3.10. The van der Waals surface area contributed by atoms with Gasteiger partial charge in [0.25, 0.3) is 0 Å². The van der Waals surface area contributed by atoms with Crippen LogP contribution in [0.4, 0.5) is 0 Å². The molecule has 0 fully saturated rings. The van der Waals surface area contributed by atoms with Crippen LogP contribution in [-0.2, 0) is 0 Å². The van der Waals surface area contributed by atoms with Crippen LogP contribution < -0.4 is 9.47 Å². The van der Waals surface area contributed by atoms with Crippen molar-refractivity contribution in [1.82, 2.24) is 0 Å². The molecule has 2 nitrogen and oxygen atoms in total. The first kappa shape index (κ1) is 18.9. The van der Waals surface area contributed by atoms with E-state index in [-0.39, 0.29) is 0 Å². The molecule has 1 aromatic rings. The van der Waals surface area contributed by atoms with E-state index in [9.17, 15) is 0 Å². The summed E-state index contributed by atoms with van der Waals surface area (Å²) >= 11 is 0. The Bertz CT molecular complexity index is 659. The molecule has 2 heteroatoms. The Labute approximate surface area is 145 Å². The van der Waals surface area contributed by atoms with Gasteiger partial charge in [-0.3, -0.25) is 0 Å². The molecular formula is C22H22O2. The first-order chi connectivity index (χ1) is 11.8. The van der Waals surface area contributed by atoms with Gasteiger partial charge in [-0.1, -0.05) is 61.1 Å². The predicted molar refractivity (Wildman–Crippen MR) is 101 cm³/mol. The maximum Gasteiger partial charge on any atom is 0.139 e. The van der Waals surface area contributed by atoms with Crippen LogP contribution >= 0.6 is 0 Å². The second-order valence-corrected chi connectivity index (χ2v) is 4.63. The molecule has 0 amide bonds. The van der Waals surface area contributed by atoms with Crippen LogP contribution in [0.25, 0.3) is 0 Å². The van der Waals surface area contributed by atoms with Gasteiger partial charge in [-0.2, -0.15) is 0 Å². The fourth-order valence-corrected chi connectivity index (χ4v) is 1.73. The monoisotopic (exact) mass is 318 g/mol. The highest BCUT2D eigenvalue weighted by Gasteiger charge is 2.10. The number of hydrogen-bond acceptors (Lipinski definition) is 2. The Kier molecular flexibility index (Phi) is 9.05. The largest absolute Gasteiger partial charge is 0.488 e. The van der Waals surface area contributed by atoms with Crippen molar-refractivity contribution in [3.05, 3.63) is 73.9 Å². The average Bonchev–Trinajstić information content (AvgIpc) is 2.60. The van der Waals surface area contributed by atoms with Crippen molar-refractivity contribution < 1.29 is 9.47 Å². The molecule has 1 rings (SSSR count). The lowest BCUT2D eigenvalue weighted by atomic mass is 10.1. The van der Waals surface area contributed by atoms with E-state index in [4.69, 9.17) is 9.47 Å². The molecule has 0 radical (unpaired) electrons. The Morgan fingerprint density at radius 1 is 0.708 bits per heavy atom. The molecular weight excluding hydrogens is 296 g/mol. The smallest absolute Gasteiger partial charge is 0.139 e. The lowest BCUT2D eigenvalue weighted by Crippen LogP contribution is -2.00. The van der Waals surface area contributed by atoms with Gasteiger partial charge in [0.1, 0.15) is 24.7 Å². The van der Waals surface area contributed by atoms with Crippen molar-refractivity contribution >= 4 is 0 Å². The average molecular weight is 318 g/mol. The Morgan fingerprint density at radius 2 is 1.17 bits per heavy atom. The first-order valence-electron chi connectivity index (χ1n) is 7.61. The molecule has 24 heavy (non-hydrogen) atoms. The fourth-order valence-electron chi connectivity index (χ4n) is 1.73. The third kappa shape index (κ3) is 6.34. The number of ether oxygens (including phenoxy) is 2. The highest BCUT2D eigenvalue weighted by molar-refractivity contribution is 5.58. The summed E-state index contributed by atoms with van der Waals surface area (Å²) in [6.07, 6.45) is 8.08. The van der Waals surface area contributed by atoms with E-state index in [2.05, 4.69) is 50.0 Å². The maximum absolute atomic E-state index is 5.70. The van der Waals surface area contributed by atoms with E-state index in [0.29, 0.717) is 37.6 Å². The van der Waals surface area contributed by atoms with Gasteiger partial charge < -0.3 is 9.47 Å². The van der Waals surface area contributed by atoms with Gasteiger partial charge in [0.2, 0.25) is 0 Å². The molecule has 0 spiro atoms. The van der Waals surface area contributed by atoms with Crippen LogP contribution in [0, 0.1) is 23.7 Å². The van der Waals surface area contributed by atoms with Gasteiger partial charge in [-0.15, -0.1) is 13.2 Å². The molecule has 0 saturated heterocycles. The summed E-state index contributed by atoms with van der Waals surface area (Å²) in [6, 6.07) is 3.69. The maximum atomic E-state index is 5.70. The van der Waals surface area contributed by atoms with Gasteiger partial charge in [0.05, 0.1) is 11.1 Å². The topological polar surface area (TPSA) is 18.5 Å². The molecule has 0 aromatic heterocycles. The van der Waals surface area contributed by atoms with Crippen LogP contribution in [0.1, 0.15) is 24.0 Å². The zero-order chi connectivity index (χ0) is 17.6. The molecule has 0 unspecified atom stereocenters. The summed E-state index contributed by atoms with van der Waals surface area (Å²) in [5.41, 5.74) is 1.51. The molecule has 0 atom stereocenters. The number of benzene rings is 1. The minimum Gasteiger partial charge on any atom is -0.488 e. The summed E-state index contributed by atoms with van der Waals surface area (Å²) in [4.78, 5) is 0. The highest BCUT2D eigenvalue weighted by Crippen LogP contribution is 2.29. The van der Waals surface area contributed by atoms with Crippen LogP contribution in [0.2, 0.25) is 0 Å². The molecule has 0 aliphatic heterocycles. The minimum absolute atomic E-state index is 0.387. The van der Waals surface area contributed by atoms with E-state index < -0.39 is 0 Å². The van der Waals surface area contributed by atoms with Crippen molar-refractivity contribution in [1.29, 1.82) is 0 Å². The van der Waals surface area contributed by atoms with Crippen molar-refractivity contribution in [3.8, 4) is 35.2 Å². The van der Waals surface area contributed by atoms with E-state index in [1.165, 1.54) is 0 Å². The predicted octanol–water partition coefficient (Wildman–Crippen LogP) is 4.67. The van der Waals surface area contributed by atoms with Crippen molar-refractivity contribution in [3.63, 3.8) is 0 Å². The van der Waals surface area contributed by atoms with Crippen LogP contribution in [-0.4, -0.2) is 13.2 Å². The lowest BCUT2D eigenvalue weighted by molar-refractivity contribution is 0.343. The highest BCUT2D eigenvalue weighted by atomic mass is 16.5. The van der Waals surface area contributed by atoms with Gasteiger partial charge >= 0.3 is 0 Å². The third-order valence-corrected chi connectivity index (χ3v) is 2.73. The fraction of sp³-hybridized carbons (Fsp3) is 0.182. The second-order valence-electron chi connectivity index (χ2n) is 4.63. The number of allylic oxidation sites excluding steroid dienone is 2. The molecule has 0 aliphatic rings. The molecule has 0 bridgehead atoms. The van der Waals surface area contributed by atoms with E-state index in [1.54, 1.807) is 24.3 Å². The van der Waals surface area contributed by atoms with E-state index >= 15 is 0 Å². The Morgan fingerprint density at radius 3 is 1.54 bits per heavy atom. The standard InChI is InChI=1S/C22H22O2/c1-5-9-11-13-19-17-20(14-12-10-6-2)22(24-16-8-4)18-21(19)23-15-7-3/h5-8,17-18H,1-4,9-10,15-16H2. The zero-order valence-electron chi connectivity index (χ0n) is 13.9. The van der Waals surface area contributed by atoms with Gasteiger partial charge in [-0.25, -0.2) is 0 Å². The minimum atomic E-state index is 0.387. The molecule has 1 aromatic carbocycles. The number of hydrogen-bond donors (Lipinski definition) is 0. The SMILES string of the molecule is C=CCC#Cc1cc(C#CCC=C)c(OCC=C)cc1OCC=C. The van der Waals surface area contributed by atoms with Crippen molar-refractivity contribution in [2.24, 2.45) is 0 Å². The van der Waals surface area contributed by atoms with Gasteiger partial charge in [-0.05, 0) is 6.07 Å². The van der Waals surface area contributed by atoms with E-state index in [0.717, 1.165) is 11.1 Å². The quantitative estimate of drug-likeness (QED) is 0.512. The summed E-state index contributed by atoms with van der Waals surface area (Å²) in [5, 5.41) is 0. The lowest BCUT2D eigenvalue weighted by Gasteiger charge is -2.12. The zero-order valence-corrected chi connectivity index (χ0v) is 13.9. The second kappa shape index (κ2) is 11.5. The summed E-state index contributed by atoms with van der Waals surface area (Å²) in [7, 11) is 0. The summed E-state index contributed by atoms with van der Waals surface area (Å²) in [5.74, 6) is 13.5. The number of rotatable bonds is 8. The molecule has 0 heterocycles. The molecule has 0 N–H and O–H groups in total. The van der Waals surface area contributed by atoms with Gasteiger partial charge in [0.15, 0.2) is 0 Å². The van der Waals surface area contributed by atoms with E-state index in [1.807, 2.05) is 12.1 Å². The van der Waals surface area contributed by atoms with Gasteiger partial charge in [0, 0.05) is 18.9 Å². The Balaban J connectivity index is 3.34. The normalized spacial score (nSPS) is 8.67. The molecule has 0 saturated carbocycles. The first-order valence-corrected chi connectivity index (χ1v) is 7.61. The van der Waals surface area contributed by atoms with Crippen LogP contribution in [0.5, 0.6) is 11.5 Å². The van der Waals surface area contributed by atoms with Crippen molar-refractivity contribution in [2.75, 3.05) is 13.2 Å². The molecule has 122 valence electrons. The van der Waals surface area contributed by atoms with Crippen LogP contribution in [0.3, 0.4) is 0 Å². The summed E-state index contributed by atoms with van der Waals surface area (Å²) in [6.45, 7) is 15.5. The third-order valence-electron chi connectivity index (χ3n) is 2.73. The van der Waals surface area contributed by atoms with Crippen molar-refractivity contribution in [2.45, 2.75) is 12.8 Å². The molecule has 0 aliphatic carbocycles. The summed E-state index contributed by atoms with van der Waals surface area (Å²) < 4.78 is 11.4.